The van der Waals surface area contributed by atoms with Crippen LogP contribution < -0.4 is 16.0 Å². The number of benzene rings is 1. The molecule has 0 saturated carbocycles. The van der Waals surface area contributed by atoms with Crippen molar-refractivity contribution in [2.24, 2.45) is 0 Å². The van der Waals surface area contributed by atoms with Crippen LogP contribution in [0.4, 0.5) is 10.5 Å². The normalized spacial score (nSPS) is 16.5. The van der Waals surface area contributed by atoms with Crippen molar-refractivity contribution in [2.45, 2.75) is 39.5 Å². The summed E-state index contributed by atoms with van der Waals surface area (Å²) in [6.45, 7) is 3.95. The van der Waals surface area contributed by atoms with Gasteiger partial charge in [0, 0.05) is 22.0 Å². The number of urea groups is 1. The fourth-order valence-electron chi connectivity index (χ4n) is 4.54. The number of hydrogen-bond donors (Lipinski definition) is 3. The monoisotopic (exact) mass is 460 g/mol. The molecule has 7 nitrogen and oxygen atoms in total. The third-order valence-corrected chi connectivity index (χ3v) is 7.38. The fraction of sp³-hybridized carbons (Fsp3) is 0.240. The van der Waals surface area contributed by atoms with E-state index in [2.05, 4.69) is 20.5 Å². The number of carbonyl (C=O) groups is 3. The van der Waals surface area contributed by atoms with Crippen molar-refractivity contribution in [2.75, 3.05) is 5.32 Å². The van der Waals surface area contributed by atoms with Gasteiger partial charge in [-0.3, -0.25) is 14.9 Å². The molecule has 1 aliphatic carbocycles. The molecule has 1 fully saturated rings. The van der Waals surface area contributed by atoms with E-state index in [1.54, 1.807) is 17.4 Å². The van der Waals surface area contributed by atoms with Crippen LogP contribution in [0.5, 0.6) is 0 Å². The molecule has 2 aliphatic rings. The van der Waals surface area contributed by atoms with Gasteiger partial charge in [0.25, 0.3) is 11.8 Å². The number of carbonyl (C=O) groups excluding carboxylic acids is 3. The Bertz CT molecular complexity index is 1320. The maximum absolute atomic E-state index is 13.5. The maximum atomic E-state index is 13.5. The molecular weight excluding hydrogens is 436 g/mol. The standard InChI is InChI=1S/C25H24N4O3S/c1-14-12-16(13-19-22(30)28-25(32)27-19)15(2)29(14)24-21(18-10-6-7-11-20(18)33-24)23(31)26-17-8-4-3-5-9-17/h3-5,8-9,12-13H,6-7,10-11H2,1-2H3,(H,26,31)(H2,27,28,30,32)/b19-13-. The van der Waals surface area contributed by atoms with Crippen LogP contribution in [0.15, 0.2) is 42.1 Å². The summed E-state index contributed by atoms with van der Waals surface area (Å²) in [6, 6.07) is 10.9. The largest absolute Gasteiger partial charge is 0.326 e. The number of para-hydroxylation sites is 1. The summed E-state index contributed by atoms with van der Waals surface area (Å²) in [7, 11) is 0. The Hall–Kier alpha value is -3.65. The number of nitrogens with one attached hydrogen (secondary N) is 3. The van der Waals surface area contributed by atoms with E-state index in [1.807, 2.05) is 50.2 Å². The lowest BCUT2D eigenvalue weighted by molar-refractivity contribution is -0.115. The molecule has 168 valence electrons. The zero-order valence-corrected chi connectivity index (χ0v) is 19.3. The number of aromatic nitrogens is 1. The van der Waals surface area contributed by atoms with Crippen LogP contribution in [0.3, 0.4) is 0 Å². The maximum Gasteiger partial charge on any atom is 0.326 e. The molecule has 5 rings (SSSR count). The predicted octanol–water partition coefficient (Wildman–Crippen LogP) is 4.47. The number of amides is 4. The van der Waals surface area contributed by atoms with E-state index in [1.165, 1.54) is 4.88 Å². The molecule has 0 spiro atoms. The Morgan fingerprint density at radius 1 is 1.09 bits per heavy atom. The van der Waals surface area contributed by atoms with Crippen molar-refractivity contribution in [3.8, 4) is 5.00 Å². The molecular formula is C25H24N4O3S. The zero-order valence-electron chi connectivity index (χ0n) is 18.5. The molecule has 3 N–H and O–H groups in total. The molecule has 1 aliphatic heterocycles. The van der Waals surface area contributed by atoms with E-state index >= 15 is 0 Å². The molecule has 0 atom stereocenters. The number of hydrogen-bond acceptors (Lipinski definition) is 4. The average molecular weight is 461 g/mol. The first-order chi connectivity index (χ1) is 15.9. The van der Waals surface area contributed by atoms with Gasteiger partial charge in [-0.2, -0.15) is 0 Å². The average Bonchev–Trinajstić information content (AvgIpc) is 3.41. The van der Waals surface area contributed by atoms with Crippen molar-refractivity contribution in [3.63, 3.8) is 0 Å². The van der Waals surface area contributed by atoms with Crippen molar-refractivity contribution in [1.29, 1.82) is 0 Å². The molecule has 1 saturated heterocycles. The minimum Gasteiger partial charge on any atom is -0.322 e. The second-order valence-corrected chi connectivity index (χ2v) is 9.42. The van der Waals surface area contributed by atoms with Crippen molar-refractivity contribution in [3.05, 3.63) is 75.1 Å². The van der Waals surface area contributed by atoms with Crippen LogP contribution in [-0.2, 0) is 17.6 Å². The molecule has 0 unspecified atom stereocenters. The van der Waals surface area contributed by atoms with Crippen LogP contribution in [-0.4, -0.2) is 22.4 Å². The lowest BCUT2D eigenvalue weighted by Crippen LogP contribution is -2.22. The highest BCUT2D eigenvalue weighted by molar-refractivity contribution is 7.15. The highest BCUT2D eigenvalue weighted by Gasteiger charge is 2.29. The van der Waals surface area contributed by atoms with Crippen LogP contribution in [0.25, 0.3) is 11.1 Å². The molecule has 8 heteroatoms. The summed E-state index contributed by atoms with van der Waals surface area (Å²) in [4.78, 5) is 38.2. The Kier molecular flexibility index (Phi) is 5.38. The van der Waals surface area contributed by atoms with Crippen molar-refractivity contribution in [1.82, 2.24) is 15.2 Å². The Balaban J connectivity index is 1.60. The predicted molar refractivity (Wildman–Crippen MR) is 129 cm³/mol. The molecule has 3 heterocycles. The molecule has 4 amide bonds. The highest BCUT2D eigenvalue weighted by Crippen LogP contribution is 2.39. The first-order valence-corrected chi connectivity index (χ1v) is 11.8. The van der Waals surface area contributed by atoms with Gasteiger partial charge in [-0.05, 0) is 74.9 Å². The lowest BCUT2D eigenvalue weighted by atomic mass is 9.95. The smallest absolute Gasteiger partial charge is 0.322 e. The Morgan fingerprint density at radius 2 is 1.85 bits per heavy atom. The number of aryl methyl sites for hydroxylation is 2. The van der Waals surface area contributed by atoms with Gasteiger partial charge < -0.3 is 15.2 Å². The third-order valence-electron chi connectivity index (χ3n) is 6.10. The Labute approximate surface area is 195 Å². The summed E-state index contributed by atoms with van der Waals surface area (Å²) < 4.78 is 2.09. The number of imide groups is 1. The molecule has 2 aromatic heterocycles. The number of rotatable bonds is 4. The molecule has 1 aromatic carbocycles. The summed E-state index contributed by atoms with van der Waals surface area (Å²) in [6.07, 6.45) is 5.75. The first-order valence-electron chi connectivity index (χ1n) is 11.0. The highest BCUT2D eigenvalue weighted by atomic mass is 32.1. The van der Waals surface area contributed by atoms with Gasteiger partial charge in [-0.1, -0.05) is 18.2 Å². The summed E-state index contributed by atoms with van der Waals surface area (Å²) in [5.74, 6) is -0.551. The summed E-state index contributed by atoms with van der Waals surface area (Å²) in [5.41, 5.74) is 5.53. The van der Waals surface area contributed by atoms with Gasteiger partial charge in [0.2, 0.25) is 0 Å². The van der Waals surface area contributed by atoms with Crippen LogP contribution >= 0.6 is 11.3 Å². The number of anilines is 1. The second-order valence-electron chi connectivity index (χ2n) is 8.34. The molecule has 3 aromatic rings. The fourth-order valence-corrected chi connectivity index (χ4v) is 6.04. The van der Waals surface area contributed by atoms with Gasteiger partial charge in [0.1, 0.15) is 10.7 Å². The summed E-state index contributed by atoms with van der Waals surface area (Å²) in [5, 5.41) is 8.72. The number of fused-ring (bicyclic) bond motifs is 1. The SMILES string of the molecule is Cc1cc(/C=C2\NC(=O)NC2=O)c(C)n1-c1sc2c(c1C(=O)Nc1ccccc1)CCCC2. The van der Waals surface area contributed by atoms with Gasteiger partial charge in [0.05, 0.1) is 5.56 Å². The minimum absolute atomic E-state index is 0.106. The molecule has 33 heavy (non-hydrogen) atoms. The quantitative estimate of drug-likeness (QED) is 0.396. The number of nitrogens with zero attached hydrogens (tertiary/aromatic N) is 1. The van der Waals surface area contributed by atoms with Gasteiger partial charge in [-0.15, -0.1) is 11.3 Å². The van der Waals surface area contributed by atoms with Crippen molar-refractivity contribution < 1.29 is 14.4 Å². The van der Waals surface area contributed by atoms with Crippen LogP contribution in [0, 0.1) is 13.8 Å². The third kappa shape index (κ3) is 3.87. The number of thiophene rings is 1. The van der Waals surface area contributed by atoms with Crippen LogP contribution in [0.2, 0.25) is 0 Å². The van der Waals surface area contributed by atoms with E-state index in [9.17, 15) is 14.4 Å². The van der Waals surface area contributed by atoms with E-state index in [-0.39, 0.29) is 11.6 Å². The van der Waals surface area contributed by atoms with Crippen molar-refractivity contribution >= 4 is 40.9 Å². The van der Waals surface area contributed by atoms with Crippen LogP contribution in [0.1, 0.15) is 50.6 Å². The van der Waals surface area contributed by atoms with E-state index < -0.39 is 11.9 Å². The van der Waals surface area contributed by atoms with E-state index in [0.717, 1.165) is 64.4 Å². The van der Waals surface area contributed by atoms with Gasteiger partial charge in [-0.25, -0.2) is 4.79 Å². The minimum atomic E-state index is -0.522. The Morgan fingerprint density at radius 3 is 2.58 bits per heavy atom. The van der Waals surface area contributed by atoms with Gasteiger partial charge in [0.15, 0.2) is 0 Å². The van der Waals surface area contributed by atoms with E-state index in [4.69, 9.17) is 0 Å². The second kappa shape index (κ2) is 8.37. The molecule has 0 radical (unpaired) electrons. The first kappa shape index (κ1) is 21.2. The summed E-state index contributed by atoms with van der Waals surface area (Å²) >= 11 is 1.67. The topological polar surface area (TPSA) is 92.2 Å². The van der Waals surface area contributed by atoms with E-state index in [0.29, 0.717) is 0 Å². The molecule has 0 bridgehead atoms. The lowest BCUT2D eigenvalue weighted by Gasteiger charge is -2.14. The van der Waals surface area contributed by atoms with Gasteiger partial charge >= 0.3 is 6.03 Å². The zero-order chi connectivity index (χ0) is 23.1.